The van der Waals surface area contributed by atoms with Crippen LogP contribution in [0.2, 0.25) is 0 Å². The molecule has 0 fully saturated rings. The Balaban J connectivity index is 2.20. The van der Waals surface area contributed by atoms with Gasteiger partial charge < -0.3 is 4.57 Å². The number of pyridine rings is 1. The molecule has 21 heavy (non-hydrogen) atoms. The molecule has 4 heteroatoms. The number of hydrogen-bond acceptors (Lipinski definition) is 2. The van der Waals surface area contributed by atoms with Crippen LogP contribution in [-0.2, 0) is 13.0 Å². The van der Waals surface area contributed by atoms with Gasteiger partial charge in [0.2, 0.25) is 0 Å². The molecule has 3 nitrogen and oxygen atoms in total. The molecule has 0 aliphatic carbocycles. The van der Waals surface area contributed by atoms with Crippen LogP contribution in [0, 0.1) is 6.92 Å². The van der Waals surface area contributed by atoms with E-state index < -0.39 is 0 Å². The highest BCUT2D eigenvalue weighted by molar-refractivity contribution is 9.10. The normalized spacial score (nSPS) is 10.6. The number of carbonyl (C=O) groups is 1. The molecule has 0 aliphatic rings. The van der Waals surface area contributed by atoms with Crippen LogP contribution in [0.4, 0.5) is 0 Å². The summed E-state index contributed by atoms with van der Waals surface area (Å²) in [7, 11) is 0. The summed E-state index contributed by atoms with van der Waals surface area (Å²) in [6.07, 6.45) is 3.75. The van der Waals surface area contributed by atoms with Crippen LogP contribution < -0.4 is 5.56 Å². The summed E-state index contributed by atoms with van der Waals surface area (Å²) in [4.78, 5) is 24.3. The Morgan fingerprint density at radius 3 is 2.52 bits per heavy atom. The van der Waals surface area contributed by atoms with E-state index in [1.165, 1.54) is 10.1 Å². The average molecular weight is 348 g/mol. The van der Waals surface area contributed by atoms with Gasteiger partial charge in [0.15, 0.2) is 5.78 Å². The van der Waals surface area contributed by atoms with Gasteiger partial charge in [-0.1, -0.05) is 37.6 Å². The highest BCUT2D eigenvalue weighted by Crippen LogP contribution is 2.11. The molecule has 2 rings (SSSR count). The number of aromatic nitrogens is 1. The Kier molecular flexibility index (Phi) is 5.12. The fourth-order valence-corrected chi connectivity index (χ4v) is 2.84. The molecular weight excluding hydrogens is 330 g/mol. The lowest BCUT2D eigenvalue weighted by atomic mass is 10.1. The molecule has 2 aromatic rings. The van der Waals surface area contributed by atoms with E-state index in [0.717, 1.165) is 17.3 Å². The maximum Gasteiger partial charge on any atom is 0.253 e. The first-order chi connectivity index (χ1) is 10.0. The largest absolute Gasteiger partial charge is 0.306 e. The summed E-state index contributed by atoms with van der Waals surface area (Å²) in [6.45, 7) is 3.93. The molecule has 0 unspecified atom stereocenters. The standard InChI is InChI=1S/C17H18BrNO2/c1-3-4-13-5-7-14(8-6-13)16(20)11-19-10-15(18)9-12(2)17(19)21/h5-10H,3-4,11H2,1-2H3. The first-order valence-electron chi connectivity index (χ1n) is 7.00. The van der Waals surface area contributed by atoms with E-state index >= 15 is 0 Å². The van der Waals surface area contributed by atoms with Crippen LogP contribution in [0.15, 0.2) is 45.8 Å². The number of nitrogens with zero attached hydrogens (tertiary/aromatic N) is 1. The molecule has 0 spiro atoms. The summed E-state index contributed by atoms with van der Waals surface area (Å²) >= 11 is 3.35. The number of rotatable bonds is 5. The quantitative estimate of drug-likeness (QED) is 0.772. The van der Waals surface area contributed by atoms with E-state index in [1.54, 1.807) is 19.2 Å². The van der Waals surface area contributed by atoms with E-state index in [4.69, 9.17) is 0 Å². The third-order valence-electron chi connectivity index (χ3n) is 3.36. The van der Waals surface area contributed by atoms with Gasteiger partial charge >= 0.3 is 0 Å². The van der Waals surface area contributed by atoms with E-state index in [1.807, 2.05) is 24.3 Å². The summed E-state index contributed by atoms with van der Waals surface area (Å²) in [5.74, 6) is -0.0577. The average Bonchev–Trinajstić information content (AvgIpc) is 2.45. The molecule has 1 aromatic heterocycles. The van der Waals surface area contributed by atoms with Crippen LogP contribution in [0.5, 0.6) is 0 Å². The van der Waals surface area contributed by atoms with Crippen molar-refractivity contribution < 1.29 is 4.79 Å². The van der Waals surface area contributed by atoms with Gasteiger partial charge in [0.05, 0.1) is 6.54 Å². The van der Waals surface area contributed by atoms with Gasteiger partial charge in [-0.05, 0) is 40.9 Å². The van der Waals surface area contributed by atoms with Crippen molar-refractivity contribution >= 4 is 21.7 Å². The van der Waals surface area contributed by atoms with Gasteiger partial charge in [-0.25, -0.2) is 0 Å². The molecule has 0 saturated carbocycles. The molecule has 0 saturated heterocycles. The molecule has 0 atom stereocenters. The topological polar surface area (TPSA) is 39.1 Å². The number of carbonyl (C=O) groups excluding carboxylic acids is 1. The van der Waals surface area contributed by atoms with Crippen molar-refractivity contribution in [3.63, 3.8) is 0 Å². The molecule has 0 amide bonds. The second-order valence-electron chi connectivity index (χ2n) is 5.14. The second kappa shape index (κ2) is 6.85. The third-order valence-corrected chi connectivity index (χ3v) is 3.79. The number of halogens is 1. The summed E-state index contributed by atoms with van der Waals surface area (Å²) in [5, 5.41) is 0. The van der Waals surface area contributed by atoms with Gasteiger partial charge in [-0.15, -0.1) is 0 Å². The van der Waals surface area contributed by atoms with Gasteiger partial charge in [-0.2, -0.15) is 0 Å². The SMILES string of the molecule is CCCc1ccc(C(=O)Cn2cc(Br)cc(C)c2=O)cc1. The van der Waals surface area contributed by atoms with Crippen molar-refractivity contribution in [1.29, 1.82) is 0 Å². The molecule has 1 aromatic carbocycles. The highest BCUT2D eigenvalue weighted by Gasteiger charge is 2.09. The van der Waals surface area contributed by atoms with Gasteiger partial charge in [0, 0.05) is 21.8 Å². The zero-order valence-electron chi connectivity index (χ0n) is 12.2. The number of Topliss-reactive ketones (excluding diaryl/α,β-unsaturated/α-hetero) is 1. The van der Waals surface area contributed by atoms with Gasteiger partial charge in [-0.3, -0.25) is 9.59 Å². The first kappa shape index (κ1) is 15.7. The fourth-order valence-electron chi connectivity index (χ4n) is 2.25. The molecule has 0 bridgehead atoms. The van der Waals surface area contributed by atoms with Crippen molar-refractivity contribution in [2.24, 2.45) is 0 Å². The van der Waals surface area contributed by atoms with Crippen LogP contribution in [0.1, 0.15) is 34.8 Å². The lowest BCUT2D eigenvalue weighted by Crippen LogP contribution is -2.25. The minimum Gasteiger partial charge on any atom is -0.306 e. The minimum atomic E-state index is -0.130. The zero-order valence-corrected chi connectivity index (χ0v) is 13.8. The number of benzene rings is 1. The number of ketones is 1. The fraction of sp³-hybridized carbons (Fsp3) is 0.294. The Morgan fingerprint density at radius 2 is 1.90 bits per heavy atom. The summed E-state index contributed by atoms with van der Waals surface area (Å²) in [6, 6.07) is 9.38. The van der Waals surface area contributed by atoms with Crippen molar-refractivity contribution in [3.05, 3.63) is 68.0 Å². The maximum absolute atomic E-state index is 12.3. The lowest BCUT2D eigenvalue weighted by molar-refractivity contribution is 0.0970. The van der Waals surface area contributed by atoms with E-state index in [9.17, 15) is 9.59 Å². The minimum absolute atomic E-state index is 0.0577. The van der Waals surface area contributed by atoms with Crippen molar-refractivity contribution in [2.75, 3.05) is 0 Å². The smallest absolute Gasteiger partial charge is 0.253 e. The predicted octanol–water partition coefficient (Wildman–Crippen LogP) is 3.75. The summed E-state index contributed by atoms with van der Waals surface area (Å²) in [5.41, 5.74) is 2.36. The molecule has 0 N–H and O–H groups in total. The lowest BCUT2D eigenvalue weighted by Gasteiger charge is -2.08. The first-order valence-corrected chi connectivity index (χ1v) is 7.79. The maximum atomic E-state index is 12.3. The predicted molar refractivity (Wildman–Crippen MR) is 87.9 cm³/mol. The Bertz CT molecular complexity index is 702. The summed E-state index contributed by atoms with van der Waals surface area (Å²) < 4.78 is 2.24. The zero-order chi connectivity index (χ0) is 15.4. The second-order valence-corrected chi connectivity index (χ2v) is 6.06. The Hall–Kier alpha value is -1.68. The van der Waals surface area contributed by atoms with E-state index in [-0.39, 0.29) is 17.9 Å². The van der Waals surface area contributed by atoms with Gasteiger partial charge in [0.1, 0.15) is 0 Å². The van der Waals surface area contributed by atoms with Crippen molar-refractivity contribution in [1.82, 2.24) is 4.57 Å². The molecular formula is C17H18BrNO2. The Morgan fingerprint density at radius 1 is 1.24 bits per heavy atom. The Labute approximate surface area is 132 Å². The molecule has 0 aliphatic heterocycles. The third kappa shape index (κ3) is 3.91. The highest BCUT2D eigenvalue weighted by atomic mass is 79.9. The van der Waals surface area contributed by atoms with Crippen LogP contribution >= 0.6 is 15.9 Å². The van der Waals surface area contributed by atoms with Gasteiger partial charge in [0.25, 0.3) is 5.56 Å². The van der Waals surface area contributed by atoms with Crippen molar-refractivity contribution in [3.8, 4) is 0 Å². The van der Waals surface area contributed by atoms with Crippen LogP contribution in [0.3, 0.4) is 0 Å². The monoisotopic (exact) mass is 347 g/mol. The van der Waals surface area contributed by atoms with E-state index in [0.29, 0.717) is 11.1 Å². The van der Waals surface area contributed by atoms with Crippen molar-refractivity contribution in [2.45, 2.75) is 33.2 Å². The molecule has 1 heterocycles. The van der Waals surface area contributed by atoms with E-state index in [2.05, 4.69) is 22.9 Å². The number of hydrogen-bond donors (Lipinski definition) is 0. The molecule has 110 valence electrons. The molecule has 0 radical (unpaired) electrons. The van der Waals surface area contributed by atoms with Crippen LogP contribution in [0.25, 0.3) is 0 Å². The number of aryl methyl sites for hydroxylation is 2. The van der Waals surface area contributed by atoms with Crippen LogP contribution in [-0.4, -0.2) is 10.4 Å².